The third-order valence-corrected chi connectivity index (χ3v) is 3.75. The van der Waals surface area contributed by atoms with Gasteiger partial charge in [-0.3, -0.25) is 4.79 Å². The Bertz CT molecular complexity index is 630. The highest BCUT2D eigenvalue weighted by atomic mass is 35.5. The molecule has 0 fully saturated rings. The molecule has 0 unspecified atom stereocenters. The molecule has 6 nitrogen and oxygen atoms in total. The first-order valence-electron chi connectivity index (χ1n) is 5.80. The zero-order chi connectivity index (χ0) is 14.7. The minimum absolute atomic E-state index is 0.173. The fourth-order valence-corrected chi connectivity index (χ4v) is 2.50. The van der Waals surface area contributed by atoms with Gasteiger partial charge in [0.15, 0.2) is 5.82 Å². The van der Waals surface area contributed by atoms with E-state index in [4.69, 9.17) is 17.4 Å². The smallest absolute Gasteiger partial charge is 0.255 e. The Balaban J connectivity index is 2.12. The Morgan fingerprint density at radius 3 is 2.90 bits per heavy atom. The van der Waals surface area contributed by atoms with Gasteiger partial charge in [0.05, 0.1) is 27.8 Å². The Hall–Kier alpha value is -1.70. The van der Waals surface area contributed by atoms with Crippen molar-refractivity contribution in [2.45, 2.75) is 13.5 Å². The summed E-state index contributed by atoms with van der Waals surface area (Å²) in [5.74, 6) is 5.40. The lowest BCUT2D eigenvalue weighted by Crippen LogP contribution is -2.26. The van der Waals surface area contributed by atoms with E-state index in [0.29, 0.717) is 22.9 Å². The van der Waals surface area contributed by atoms with E-state index in [1.165, 1.54) is 12.3 Å². The van der Waals surface area contributed by atoms with Gasteiger partial charge in [-0.25, -0.2) is 15.8 Å². The number of carbonyl (C=O) groups is 1. The third-order valence-electron chi connectivity index (χ3n) is 2.64. The third kappa shape index (κ3) is 3.24. The number of nitrogen functional groups attached to an aromatic ring is 1. The summed E-state index contributed by atoms with van der Waals surface area (Å²) in [5, 5.41) is 3.21. The Labute approximate surface area is 125 Å². The minimum atomic E-state index is -0.173. The van der Waals surface area contributed by atoms with Gasteiger partial charge in [-0.05, 0) is 13.0 Å². The average Bonchev–Trinajstić information content (AvgIpc) is 2.83. The standard InChI is InChI=1S/C12H14ClN5OS/c1-7-16-9(6-20-7)5-18(2)12(19)8-3-10(13)11(17-14)15-4-8/h3-4,6H,5,14H2,1-2H3,(H,15,17). The Morgan fingerprint density at radius 1 is 1.60 bits per heavy atom. The van der Waals surface area contributed by atoms with Crippen molar-refractivity contribution < 1.29 is 4.79 Å². The van der Waals surface area contributed by atoms with Crippen LogP contribution in [-0.4, -0.2) is 27.8 Å². The predicted molar refractivity (Wildman–Crippen MR) is 79.7 cm³/mol. The maximum atomic E-state index is 12.3. The fraction of sp³-hybridized carbons (Fsp3) is 0.250. The number of rotatable bonds is 4. The summed E-state index contributed by atoms with van der Waals surface area (Å²) in [5.41, 5.74) is 3.63. The van der Waals surface area contributed by atoms with Crippen molar-refractivity contribution in [2.75, 3.05) is 12.5 Å². The minimum Gasteiger partial charge on any atom is -0.336 e. The molecule has 1 amide bonds. The van der Waals surface area contributed by atoms with Crippen LogP contribution in [-0.2, 0) is 6.54 Å². The molecule has 106 valence electrons. The fourth-order valence-electron chi connectivity index (χ4n) is 1.68. The topological polar surface area (TPSA) is 84.1 Å². The SMILES string of the molecule is Cc1nc(CN(C)C(=O)c2cnc(NN)c(Cl)c2)cs1. The molecule has 2 aromatic rings. The number of hydrogen-bond acceptors (Lipinski definition) is 6. The van der Waals surface area contributed by atoms with E-state index in [1.807, 2.05) is 12.3 Å². The number of halogens is 1. The molecule has 2 rings (SSSR count). The van der Waals surface area contributed by atoms with E-state index in [-0.39, 0.29) is 5.91 Å². The van der Waals surface area contributed by atoms with Crippen LogP contribution in [0.15, 0.2) is 17.6 Å². The molecule has 0 aromatic carbocycles. The zero-order valence-corrected chi connectivity index (χ0v) is 12.6. The van der Waals surface area contributed by atoms with Gasteiger partial charge in [0, 0.05) is 18.6 Å². The lowest BCUT2D eigenvalue weighted by atomic mass is 10.2. The highest BCUT2D eigenvalue weighted by Gasteiger charge is 2.15. The van der Waals surface area contributed by atoms with Gasteiger partial charge >= 0.3 is 0 Å². The van der Waals surface area contributed by atoms with E-state index in [2.05, 4.69) is 15.4 Å². The monoisotopic (exact) mass is 311 g/mol. The molecule has 0 aliphatic heterocycles. The van der Waals surface area contributed by atoms with Crippen molar-refractivity contribution in [3.63, 3.8) is 0 Å². The van der Waals surface area contributed by atoms with Gasteiger partial charge in [-0.15, -0.1) is 11.3 Å². The Kier molecular flexibility index (Phi) is 4.53. The zero-order valence-electron chi connectivity index (χ0n) is 11.1. The number of nitrogens with one attached hydrogen (secondary N) is 1. The maximum Gasteiger partial charge on any atom is 0.255 e. The number of hydrogen-bond donors (Lipinski definition) is 2. The Morgan fingerprint density at radius 2 is 2.35 bits per heavy atom. The number of carbonyl (C=O) groups excluding carboxylic acids is 1. The average molecular weight is 312 g/mol. The van der Waals surface area contributed by atoms with E-state index in [0.717, 1.165) is 10.7 Å². The number of anilines is 1. The van der Waals surface area contributed by atoms with Gasteiger partial charge in [0.2, 0.25) is 0 Å². The summed E-state index contributed by atoms with van der Waals surface area (Å²) in [6.07, 6.45) is 1.44. The van der Waals surface area contributed by atoms with Crippen molar-refractivity contribution in [2.24, 2.45) is 5.84 Å². The molecule has 0 radical (unpaired) electrons. The first kappa shape index (κ1) is 14.7. The largest absolute Gasteiger partial charge is 0.336 e. The van der Waals surface area contributed by atoms with Crippen molar-refractivity contribution in [1.82, 2.24) is 14.9 Å². The summed E-state index contributed by atoms with van der Waals surface area (Å²) in [4.78, 5) is 22.1. The van der Waals surface area contributed by atoms with Gasteiger partial charge in [0.25, 0.3) is 5.91 Å². The van der Waals surface area contributed by atoms with Gasteiger partial charge in [-0.2, -0.15) is 0 Å². The normalized spacial score (nSPS) is 10.4. The summed E-state index contributed by atoms with van der Waals surface area (Å²) in [7, 11) is 1.71. The lowest BCUT2D eigenvalue weighted by molar-refractivity contribution is 0.0783. The number of nitrogens with zero attached hydrogens (tertiary/aromatic N) is 3. The van der Waals surface area contributed by atoms with Crippen molar-refractivity contribution in [1.29, 1.82) is 0 Å². The van der Waals surface area contributed by atoms with Crippen LogP contribution in [0, 0.1) is 6.92 Å². The molecule has 3 N–H and O–H groups in total. The molecule has 8 heteroatoms. The maximum absolute atomic E-state index is 12.3. The van der Waals surface area contributed by atoms with Crippen molar-refractivity contribution in [3.05, 3.63) is 38.9 Å². The van der Waals surface area contributed by atoms with Crippen molar-refractivity contribution in [3.8, 4) is 0 Å². The van der Waals surface area contributed by atoms with Crippen LogP contribution >= 0.6 is 22.9 Å². The molecular formula is C12H14ClN5OS. The first-order valence-corrected chi connectivity index (χ1v) is 7.05. The van der Waals surface area contributed by atoms with Crippen LogP contribution in [0.1, 0.15) is 21.1 Å². The number of thiazole rings is 1. The van der Waals surface area contributed by atoms with Gasteiger partial charge in [-0.1, -0.05) is 11.6 Å². The molecule has 0 spiro atoms. The highest BCUT2D eigenvalue weighted by molar-refractivity contribution is 7.09. The molecule has 0 saturated heterocycles. The second-order valence-electron chi connectivity index (χ2n) is 4.22. The molecule has 0 bridgehead atoms. The van der Waals surface area contributed by atoms with Crippen LogP contribution in [0.3, 0.4) is 0 Å². The van der Waals surface area contributed by atoms with Crippen LogP contribution in [0.4, 0.5) is 5.82 Å². The highest BCUT2D eigenvalue weighted by Crippen LogP contribution is 2.20. The van der Waals surface area contributed by atoms with E-state index >= 15 is 0 Å². The molecule has 0 atom stereocenters. The predicted octanol–water partition coefficient (Wildman–Crippen LogP) is 2.06. The summed E-state index contributed by atoms with van der Waals surface area (Å²) < 4.78 is 0. The summed E-state index contributed by atoms with van der Waals surface area (Å²) in [6.45, 7) is 2.37. The van der Waals surface area contributed by atoms with Crippen LogP contribution in [0.2, 0.25) is 5.02 Å². The number of amides is 1. The molecule has 20 heavy (non-hydrogen) atoms. The van der Waals surface area contributed by atoms with Gasteiger partial charge < -0.3 is 10.3 Å². The first-order chi connectivity index (χ1) is 9.51. The molecule has 2 aromatic heterocycles. The quantitative estimate of drug-likeness (QED) is 0.667. The van der Waals surface area contributed by atoms with Crippen molar-refractivity contribution >= 4 is 34.7 Å². The molecule has 0 aliphatic rings. The van der Waals surface area contributed by atoms with E-state index in [9.17, 15) is 4.79 Å². The number of pyridine rings is 1. The number of nitrogens with two attached hydrogens (primary N) is 1. The summed E-state index contributed by atoms with van der Waals surface area (Å²) in [6, 6.07) is 1.54. The second kappa shape index (κ2) is 6.17. The molecule has 0 saturated carbocycles. The lowest BCUT2D eigenvalue weighted by Gasteiger charge is -2.16. The van der Waals surface area contributed by atoms with Crippen LogP contribution in [0.5, 0.6) is 0 Å². The second-order valence-corrected chi connectivity index (χ2v) is 5.69. The molecular weight excluding hydrogens is 298 g/mol. The molecule has 0 aliphatic carbocycles. The van der Waals surface area contributed by atoms with Gasteiger partial charge in [0.1, 0.15) is 0 Å². The van der Waals surface area contributed by atoms with E-state index < -0.39 is 0 Å². The number of aromatic nitrogens is 2. The summed E-state index contributed by atoms with van der Waals surface area (Å²) >= 11 is 7.51. The van der Waals surface area contributed by atoms with E-state index in [1.54, 1.807) is 23.3 Å². The number of hydrazine groups is 1. The molecule has 2 heterocycles. The van der Waals surface area contributed by atoms with Crippen LogP contribution in [0.25, 0.3) is 0 Å². The number of aryl methyl sites for hydroxylation is 1. The van der Waals surface area contributed by atoms with Crippen LogP contribution < -0.4 is 11.3 Å².